The number of aryl methyl sites for hydroxylation is 2. The van der Waals surface area contributed by atoms with E-state index in [1.165, 1.54) is 12.1 Å². The number of nitrogens with one attached hydrogen (secondary N) is 2. The van der Waals surface area contributed by atoms with Gasteiger partial charge < -0.3 is 5.32 Å². The molecular formula is C20H23ClN2O4S. The van der Waals surface area contributed by atoms with Crippen molar-refractivity contribution in [1.29, 1.82) is 0 Å². The Hall–Kier alpha value is -2.22. The fourth-order valence-corrected chi connectivity index (χ4v) is 3.81. The zero-order valence-corrected chi connectivity index (χ0v) is 17.4. The second-order valence-corrected chi connectivity index (χ2v) is 8.63. The molecule has 8 heteroatoms. The lowest BCUT2D eigenvalue weighted by atomic mass is 10.0. The first-order valence-electron chi connectivity index (χ1n) is 8.81. The predicted octanol–water partition coefficient (Wildman–Crippen LogP) is 3.01. The van der Waals surface area contributed by atoms with Crippen LogP contribution in [0, 0.1) is 13.8 Å². The second-order valence-electron chi connectivity index (χ2n) is 6.43. The topological polar surface area (TPSA) is 92.3 Å². The summed E-state index contributed by atoms with van der Waals surface area (Å²) in [7, 11) is -3.69. The van der Waals surface area contributed by atoms with Crippen molar-refractivity contribution in [2.24, 2.45) is 0 Å². The van der Waals surface area contributed by atoms with Crippen molar-refractivity contribution in [1.82, 2.24) is 10.0 Å². The number of ketones is 1. The molecule has 0 aromatic heterocycles. The van der Waals surface area contributed by atoms with Gasteiger partial charge >= 0.3 is 0 Å². The van der Waals surface area contributed by atoms with Gasteiger partial charge in [0.15, 0.2) is 5.78 Å². The average molecular weight is 423 g/mol. The number of carbonyl (C=O) groups excluding carboxylic acids is 2. The summed E-state index contributed by atoms with van der Waals surface area (Å²) in [5.74, 6) is -0.404. The van der Waals surface area contributed by atoms with Crippen LogP contribution in [0.25, 0.3) is 0 Å². The first-order chi connectivity index (χ1) is 13.2. The monoisotopic (exact) mass is 422 g/mol. The Morgan fingerprint density at radius 1 is 0.964 bits per heavy atom. The quantitative estimate of drug-likeness (QED) is 0.480. The Kier molecular flexibility index (Phi) is 7.74. The molecule has 0 spiro atoms. The number of rotatable bonds is 9. The molecule has 0 radical (unpaired) electrons. The third-order valence-electron chi connectivity index (χ3n) is 4.25. The van der Waals surface area contributed by atoms with Crippen LogP contribution in [0.3, 0.4) is 0 Å². The fourth-order valence-electron chi connectivity index (χ4n) is 2.48. The standard InChI is InChI=1S/C20H23ClN2O4S/c1-14-6-7-16(12-15(14)2)19(24)8-9-20(25)22-10-11-23-28(26,27)18-5-3-4-17(21)13-18/h3-7,12-13,23H,8-11H2,1-2H3,(H,22,25). The van der Waals surface area contributed by atoms with Gasteiger partial charge in [0.2, 0.25) is 15.9 Å². The smallest absolute Gasteiger partial charge is 0.240 e. The van der Waals surface area contributed by atoms with Crippen molar-refractivity contribution in [3.63, 3.8) is 0 Å². The minimum absolute atomic E-state index is 0.0334. The zero-order chi connectivity index (χ0) is 20.7. The minimum atomic E-state index is -3.69. The average Bonchev–Trinajstić information content (AvgIpc) is 2.65. The van der Waals surface area contributed by atoms with E-state index < -0.39 is 10.0 Å². The van der Waals surface area contributed by atoms with Gasteiger partial charge in [0.1, 0.15) is 0 Å². The van der Waals surface area contributed by atoms with E-state index in [9.17, 15) is 18.0 Å². The predicted molar refractivity (Wildman–Crippen MR) is 109 cm³/mol. The maximum absolute atomic E-state index is 12.2. The molecule has 6 nitrogen and oxygen atoms in total. The fraction of sp³-hybridized carbons (Fsp3) is 0.300. The van der Waals surface area contributed by atoms with Crippen molar-refractivity contribution >= 4 is 33.3 Å². The molecule has 0 bridgehead atoms. The van der Waals surface area contributed by atoms with E-state index in [0.717, 1.165) is 11.1 Å². The summed E-state index contributed by atoms with van der Waals surface area (Å²) in [6, 6.07) is 11.4. The van der Waals surface area contributed by atoms with E-state index in [1.54, 1.807) is 18.2 Å². The van der Waals surface area contributed by atoms with Gasteiger partial charge in [-0.3, -0.25) is 9.59 Å². The molecule has 0 aliphatic carbocycles. The number of carbonyl (C=O) groups is 2. The molecule has 150 valence electrons. The van der Waals surface area contributed by atoms with Gasteiger partial charge in [-0.2, -0.15) is 0 Å². The zero-order valence-electron chi connectivity index (χ0n) is 15.8. The highest BCUT2D eigenvalue weighted by atomic mass is 35.5. The summed E-state index contributed by atoms with van der Waals surface area (Å²) in [4.78, 5) is 24.1. The van der Waals surface area contributed by atoms with Gasteiger partial charge in [-0.25, -0.2) is 13.1 Å². The normalized spacial score (nSPS) is 11.2. The van der Waals surface area contributed by atoms with Crippen LogP contribution in [0.2, 0.25) is 5.02 Å². The minimum Gasteiger partial charge on any atom is -0.355 e. The van der Waals surface area contributed by atoms with Crippen LogP contribution in [-0.2, 0) is 14.8 Å². The third-order valence-corrected chi connectivity index (χ3v) is 5.95. The molecule has 0 unspecified atom stereocenters. The lowest BCUT2D eigenvalue weighted by Gasteiger charge is -2.08. The van der Waals surface area contributed by atoms with Crippen LogP contribution in [0.1, 0.15) is 34.3 Å². The summed E-state index contributed by atoms with van der Waals surface area (Å²) in [5.41, 5.74) is 2.72. The first-order valence-corrected chi connectivity index (χ1v) is 10.7. The number of hydrogen-bond donors (Lipinski definition) is 2. The Labute approximate surface area is 170 Å². The van der Waals surface area contributed by atoms with Gasteiger partial charge in [-0.05, 0) is 49.2 Å². The van der Waals surface area contributed by atoms with Crippen LogP contribution < -0.4 is 10.0 Å². The molecule has 2 aromatic carbocycles. The van der Waals surface area contributed by atoms with Crippen LogP contribution in [-0.4, -0.2) is 33.2 Å². The summed E-state index contributed by atoms with van der Waals surface area (Å²) in [6.45, 7) is 4.06. The molecule has 0 aliphatic rings. The lowest BCUT2D eigenvalue weighted by Crippen LogP contribution is -2.34. The summed E-state index contributed by atoms with van der Waals surface area (Å²) in [6.07, 6.45) is 0.148. The van der Waals surface area contributed by atoms with Crippen molar-refractivity contribution in [2.45, 2.75) is 31.6 Å². The van der Waals surface area contributed by atoms with Crippen molar-refractivity contribution in [3.8, 4) is 0 Å². The Morgan fingerprint density at radius 2 is 1.71 bits per heavy atom. The largest absolute Gasteiger partial charge is 0.355 e. The van der Waals surface area contributed by atoms with Gasteiger partial charge in [0, 0.05) is 36.5 Å². The molecule has 0 fully saturated rings. The Morgan fingerprint density at radius 3 is 2.39 bits per heavy atom. The molecule has 0 saturated heterocycles. The van der Waals surface area contributed by atoms with E-state index in [1.807, 2.05) is 26.0 Å². The SMILES string of the molecule is Cc1ccc(C(=O)CCC(=O)NCCNS(=O)(=O)c2cccc(Cl)c2)cc1C. The van der Waals surface area contributed by atoms with Crippen molar-refractivity contribution in [2.75, 3.05) is 13.1 Å². The maximum atomic E-state index is 12.2. The summed E-state index contributed by atoms with van der Waals surface area (Å²) >= 11 is 5.80. The van der Waals surface area contributed by atoms with Crippen LogP contribution in [0.5, 0.6) is 0 Å². The highest BCUT2D eigenvalue weighted by Gasteiger charge is 2.14. The summed E-state index contributed by atoms with van der Waals surface area (Å²) in [5, 5.41) is 2.92. The van der Waals surface area contributed by atoms with Crippen molar-refractivity contribution in [3.05, 3.63) is 64.2 Å². The van der Waals surface area contributed by atoms with Gasteiger partial charge in [0.05, 0.1) is 4.90 Å². The summed E-state index contributed by atoms with van der Waals surface area (Å²) < 4.78 is 26.6. The Balaban J connectivity index is 1.74. The number of halogens is 1. The maximum Gasteiger partial charge on any atom is 0.240 e. The molecule has 0 heterocycles. The van der Waals surface area contributed by atoms with Crippen LogP contribution in [0.15, 0.2) is 47.4 Å². The molecule has 28 heavy (non-hydrogen) atoms. The number of benzene rings is 2. The molecule has 0 atom stereocenters. The van der Waals surface area contributed by atoms with E-state index in [4.69, 9.17) is 11.6 Å². The number of sulfonamides is 1. The molecule has 2 rings (SSSR count). The molecule has 0 aliphatic heterocycles. The van der Waals surface area contributed by atoms with Gasteiger partial charge in [0.25, 0.3) is 0 Å². The molecule has 2 N–H and O–H groups in total. The Bertz CT molecular complexity index is 974. The molecule has 1 amide bonds. The van der Waals surface area contributed by atoms with Gasteiger partial charge in [-0.1, -0.05) is 29.8 Å². The van der Waals surface area contributed by atoms with Crippen molar-refractivity contribution < 1.29 is 18.0 Å². The second kappa shape index (κ2) is 9.82. The molecule has 0 saturated carbocycles. The van der Waals surface area contributed by atoms with E-state index in [-0.39, 0.29) is 42.5 Å². The lowest BCUT2D eigenvalue weighted by molar-refractivity contribution is -0.121. The van der Waals surface area contributed by atoms with Crippen LogP contribution >= 0.6 is 11.6 Å². The number of amides is 1. The highest BCUT2D eigenvalue weighted by molar-refractivity contribution is 7.89. The highest BCUT2D eigenvalue weighted by Crippen LogP contribution is 2.15. The van der Waals surface area contributed by atoms with Crippen LogP contribution in [0.4, 0.5) is 0 Å². The number of hydrogen-bond acceptors (Lipinski definition) is 4. The third kappa shape index (κ3) is 6.44. The van der Waals surface area contributed by atoms with E-state index in [0.29, 0.717) is 10.6 Å². The molecule has 2 aromatic rings. The van der Waals surface area contributed by atoms with Gasteiger partial charge in [-0.15, -0.1) is 0 Å². The number of Topliss-reactive ketones (excluding diaryl/α,β-unsaturated/α-hetero) is 1. The van der Waals surface area contributed by atoms with E-state index >= 15 is 0 Å². The van der Waals surface area contributed by atoms with E-state index in [2.05, 4.69) is 10.0 Å². The first kappa shape index (κ1) is 22.1. The molecular weight excluding hydrogens is 400 g/mol.